The first-order chi connectivity index (χ1) is 7.61. The summed E-state index contributed by atoms with van der Waals surface area (Å²) in [5, 5.41) is 21.7. The van der Waals surface area contributed by atoms with Crippen LogP contribution < -0.4 is 15.1 Å². The summed E-state index contributed by atoms with van der Waals surface area (Å²) >= 11 is 0. The van der Waals surface area contributed by atoms with Crippen LogP contribution in [0.5, 0.6) is 0 Å². The molecule has 0 bridgehead atoms. The molecule has 5 heteroatoms. The van der Waals surface area contributed by atoms with E-state index < -0.39 is 18.1 Å². The van der Waals surface area contributed by atoms with Gasteiger partial charge in [0.25, 0.3) is 0 Å². The lowest BCUT2D eigenvalue weighted by molar-refractivity contribution is -0.307. The number of hydrogen-bond acceptors (Lipinski definition) is 4. The highest BCUT2D eigenvalue weighted by Crippen LogP contribution is 2.28. The second-order valence-corrected chi connectivity index (χ2v) is 3.32. The number of amides is 1. The molecule has 1 amide bonds. The fraction of sp³-hybridized carbons (Fsp3) is 0.0909. The predicted molar refractivity (Wildman–Crippen MR) is 52.1 cm³/mol. The standard InChI is InChI=1S/C11H9NO4/c13-10(14)9-6-5-7-3-1-2-4-8(7)12(9)11(15)16/h1-6,9H,(H,13,14)(H,15,16)/p-2. The Kier molecular flexibility index (Phi) is 2.36. The summed E-state index contributed by atoms with van der Waals surface area (Å²) in [5.41, 5.74) is 0.920. The Hall–Kier alpha value is -2.30. The Labute approximate surface area is 91.2 Å². The number of carboxylic acids is 1. The number of fused-ring (bicyclic) bond motifs is 1. The molecule has 0 spiro atoms. The molecule has 82 valence electrons. The Bertz CT molecular complexity index is 481. The third-order valence-electron chi connectivity index (χ3n) is 2.37. The summed E-state index contributed by atoms with van der Waals surface area (Å²) in [5.74, 6) is -1.48. The van der Waals surface area contributed by atoms with Crippen molar-refractivity contribution in [2.45, 2.75) is 6.04 Å². The van der Waals surface area contributed by atoms with Crippen LogP contribution in [0.3, 0.4) is 0 Å². The largest absolute Gasteiger partial charge is 0.548 e. The van der Waals surface area contributed by atoms with Crippen molar-refractivity contribution in [3.8, 4) is 0 Å². The van der Waals surface area contributed by atoms with Gasteiger partial charge in [0.1, 0.15) is 6.09 Å². The zero-order valence-electron chi connectivity index (χ0n) is 8.12. The van der Waals surface area contributed by atoms with Gasteiger partial charge in [-0.1, -0.05) is 30.4 Å². The van der Waals surface area contributed by atoms with Gasteiger partial charge < -0.3 is 24.7 Å². The lowest BCUT2D eigenvalue weighted by Crippen LogP contribution is -2.55. The van der Waals surface area contributed by atoms with Crippen molar-refractivity contribution in [2.75, 3.05) is 4.90 Å². The van der Waals surface area contributed by atoms with Gasteiger partial charge in [-0.2, -0.15) is 0 Å². The minimum atomic E-state index is -1.56. The highest BCUT2D eigenvalue weighted by atomic mass is 16.4. The van der Waals surface area contributed by atoms with E-state index in [0.29, 0.717) is 16.2 Å². The summed E-state index contributed by atoms with van der Waals surface area (Å²) in [4.78, 5) is 22.4. The van der Waals surface area contributed by atoms with Gasteiger partial charge in [-0.25, -0.2) is 0 Å². The van der Waals surface area contributed by atoms with Gasteiger partial charge in [0.05, 0.1) is 17.7 Å². The van der Waals surface area contributed by atoms with Gasteiger partial charge in [0.15, 0.2) is 0 Å². The molecule has 16 heavy (non-hydrogen) atoms. The van der Waals surface area contributed by atoms with Gasteiger partial charge in [0.2, 0.25) is 0 Å². The van der Waals surface area contributed by atoms with E-state index in [9.17, 15) is 19.8 Å². The van der Waals surface area contributed by atoms with E-state index in [4.69, 9.17) is 0 Å². The maximum atomic E-state index is 10.9. The maximum absolute atomic E-state index is 10.9. The fourth-order valence-corrected chi connectivity index (χ4v) is 1.67. The first-order valence-corrected chi connectivity index (χ1v) is 4.59. The van der Waals surface area contributed by atoms with Gasteiger partial charge in [-0.15, -0.1) is 0 Å². The number of carbonyl (C=O) groups excluding carboxylic acids is 2. The molecule has 1 heterocycles. The average molecular weight is 217 g/mol. The van der Waals surface area contributed by atoms with Crippen LogP contribution in [-0.4, -0.2) is 18.1 Å². The summed E-state index contributed by atoms with van der Waals surface area (Å²) in [6.07, 6.45) is 1.24. The molecule has 1 unspecified atom stereocenters. The molecule has 0 saturated carbocycles. The number of anilines is 1. The smallest absolute Gasteiger partial charge is 0.142 e. The molecule has 1 aromatic carbocycles. The monoisotopic (exact) mass is 217 g/mol. The number of para-hydroxylation sites is 1. The van der Waals surface area contributed by atoms with E-state index >= 15 is 0 Å². The van der Waals surface area contributed by atoms with Crippen molar-refractivity contribution in [1.82, 2.24) is 0 Å². The molecule has 1 aromatic rings. The quantitative estimate of drug-likeness (QED) is 0.602. The van der Waals surface area contributed by atoms with Crippen LogP contribution in [0.1, 0.15) is 5.56 Å². The molecule has 0 radical (unpaired) electrons. The minimum Gasteiger partial charge on any atom is -0.548 e. The third kappa shape index (κ3) is 1.52. The van der Waals surface area contributed by atoms with Gasteiger partial charge in [-0.05, 0) is 11.6 Å². The highest BCUT2D eigenvalue weighted by molar-refractivity contribution is 5.98. The molecule has 0 fully saturated rings. The number of benzene rings is 1. The maximum Gasteiger partial charge on any atom is 0.142 e. The molecule has 0 N–H and O–H groups in total. The minimum absolute atomic E-state index is 0.291. The van der Waals surface area contributed by atoms with Crippen molar-refractivity contribution in [3.05, 3.63) is 35.9 Å². The van der Waals surface area contributed by atoms with Crippen molar-refractivity contribution in [2.24, 2.45) is 0 Å². The second-order valence-electron chi connectivity index (χ2n) is 3.32. The molecule has 0 aromatic heterocycles. The molecule has 2 rings (SSSR count). The SMILES string of the molecule is O=C([O-])C1C=Cc2ccccc2N1C(=O)[O-]. The van der Waals surface area contributed by atoms with Crippen LogP contribution in [0.15, 0.2) is 30.3 Å². The Morgan fingerprint density at radius 1 is 1.19 bits per heavy atom. The zero-order chi connectivity index (χ0) is 11.7. The number of rotatable bonds is 1. The van der Waals surface area contributed by atoms with E-state index in [1.54, 1.807) is 24.3 Å². The molecule has 0 aliphatic carbocycles. The van der Waals surface area contributed by atoms with Crippen LogP contribution in [0.25, 0.3) is 6.08 Å². The second kappa shape index (κ2) is 3.69. The lowest BCUT2D eigenvalue weighted by atomic mass is 10.0. The molecular formula is C11H7NO4-2. The number of aliphatic carboxylic acids is 1. The summed E-state index contributed by atoms with van der Waals surface area (Å²) in [6, 6.07) is 5.23. The predicted octanol–water partition coefficient (Wildman–Crippen LogP) is -1.02. The summed E-state index contributed by atoms with van der Waals surface area (Å²) in [7, 11) is 0. The number of carboxylic acid groups (broad SMARTS) is 2. The van der Waals surface area contributed by atoms with Crippen LogP contribution in [-0.2, 0) is 4.79 Å². The fourth-order valence-electron chi connectivity index (χ4n) is 1.67. The van der Waals surface area contributed by atoms with Gasteiger partial charge in [-0.3, -0.25) is 0 Å². The van der Waals surface area contributed by atoms with E-state index in [1.165, 1.54) is 12.1 Å². The summed E-state index contributed by atoms with van der Waals surface area (Å²) < 4.78 is 0. The van der Waals surface area contributed by atoms with Crippen molar-refractivity contribution in [1.29, 1.82) is 0 Å². The van der Waals surface area contributed by atoms with Crippen LogP contribution in [0.2, 0.25) is 0 Å². The van der Waals surface area contributed by atoms with Crippen molar-refractivity contribution < 1.29 is 19.8 Å². The first kappa shape index (κ1) is 10.2. The average Bonchev–Trinajstić information content (AvgIpc) is 2.27. The number of nitrogens with zero attached hydrogens (tertiary/aromatic N) is 1. The molecule has 0 saturated heterocycles. The molecule has 5 nitrogen and oxygen atoms in total. The normalized spacial score (nSPS) is 18.0. The van der Waals surface area contributed by atoms with Crippen LogP contribution in [0, 0.1) is 0 Å². The lowest BCUT2D eigenvalue weighted by Gasteiger charge is -2.36. The Balaban J connectivity index is 2.54. The number of carbonyl (C=O) groups is 2. The van der Waals surface area contributed by atoms with E-state index in [0.717, 1.165) is 0 Å². The van der Waals surface area contributed by atoms with E-state index in [2.05, 4.69) is 0 Å². The van der Waals surface area contributed by atoms with E-state index in [-0.39, 0.29) is 0 Å². The summed E-state index contributed by atoms with van der Waals surface area (Å²) in [6.45, 7) is 0. The van der Waals surface area contributed by atoms with E-state index in [1.807, 2.05) is 0 Å². The molecule has 1 aliphatic heterocycles. The molecule has 1 aliphatic rings. The van der Waals surface area contributed by atoms with Crippen molar-refractivity contribution >= 4 is 23.8 Å². The zero-order valence-corrected chi connectivity index (χ0v) is 8.12. The van der Waals surface area contributed by atoms with Crippen LogP contribution in [0.4, 0.5) is 10.5 Å². The van der Waals surface area contributed by atoms with Crippen molar-refractivity contribution in [3.63, 3.8) is 0 Å². The van der Waals surface area contributed by atoms with Gasteiger partial charge in [0, 0.05) is 0 Å². The Morgan fingerprint density at radius 2 is 1.88 bits per heavy atom. The first-order valence-electron chi connectivity index (χ1n) is 4.59. The topological polar surface area (TPSA) is 83.5 Å². The van der Waals surface area contributed by atoms with Crippen LogP contribution >= 0.6 is 0 Å². The molecule has 1 atom stereocenters. The highest BCUT2D eigenvalue weighted by Gasteiger charge is 2.23. The number of hydrogen-bond donors (Lipinski definition) is 0. The van der Waals surface area contributed by atoms with Gasteiger partial charge >= 0.3 is 0 Å². The molecular weight excluding hydrogens is 210 g/mol. The Morgan fingerprint density at radius 3 is 2.50 bits per heavy atom. The third-order valence-corrected chi connectivity index (χ3v) is 2.37.